The Bertz CT molecular complexity index is 1690. The molecule has 43 heavy (non-hydrogen) atoms. The van der Waals surface area contributed by atoms with Gasteiger partial charge in [0.05, 0.1) is 31.7 Å². The molecule has 0 bridgehead atoms. The minimum absolute atomic E-state index is 0.426. The van der Waals surface area contributed by atoms with Crippen LogP contribution in [0.4, 0.5) is 17.1 Å². The molecule has 1 unspecified atom stereocenters. The van der Waals surface area contributed by atoms with E-state index in [2.05, 4.69) is 14.5 Å². The molecule has 1 saturated heterocycles. The van der Waals surface area contributed by atoms with Crippen LogP contribution in [0.2, 0.25) is 0 Å². The van der Waals surface area contributed by atoms with Gasteiger partial charge in [0.25, 0.3) is 0 Å². The molecule has 9 heteroatoms. The zero-order valence-corrected chi connectivity index (χ0v) is 25.1. The predicted molar refractivity (Wildman–Crippen MR) is 170 cm³/mol. The van der Waals surface area contributed by atoms with Gasteiger partial charge in [0.1, 0.15) is 17.2 Å². The van der Waals surface area contributed by atoms with Crippen LogP contribution in [0.15, 0.2) is 91.0 Å². The molecule has 5 rings (SSSR count). The Morgan fingerprint density at radius 3 is 2.42 bits per heavy atom. The third kappa shape index (κ3) is 8.51. The van der Waals surface area contributed by atoms with Crippen molar-refractivity contribution in [1.29, 1.82) is 0 Å². The Hall–Kier alpha value is -4.52. The van der Waals surface area contributed by atoms with Crippen LogP contribution in [0.25, 0.3) is 4.85 Å². The van der Waals surface area contributed by atoms with E-state index < -0.39 is 10.0 Å². The maximum absolute atomic E-state index is 12.0. The molecule has 1 aliphatic rings. The number of sulfonamides is 1. The lowest BCUT2D eigenvalue weighted by Crippen LogP contribution is -2.23. The maximum atomic E-state index is 12.0. The molecule has 8 nitrogen and oxygen atoms in total. The SMILES string of the molecule is [C-]#[N+]c1cccc(CN(Cc2ccc(Oc3cccc(OCC4CCOC4)c3)cc2)c2cccc(NS(C)(=O)=O)c2C)c1. The molecule has 1 atom stereocenters. The van der Waals surface area contributed by atoms with Crippen molar-refractivity contribution < 1.29 is 22.6 Å². The standard InChI is InChI=1S/C34H35N3O5S/c1-25-33(36-43(3,38)39)11-6-12-34(25)37(22-27-7-4-8-29(19-27)35-2)21-26-13-15-30(16-14-26)42-32-10-5-9-31(20-32)41-24-28-17-18-40-23-28/h4-16,19-20,28,36H,17-18,21-24H2,1,3H3. The van der Waals surface area contributed by atoms with E-state index >= 15 is 0 Å². The highest BCUT2D eigenvalue weighted by Gasteiger charge is 2.17. The molecular formula is C34H35N3O5S. The van der Waals surface area contributed by atoms with Crippen molar-refractivity contribution in [2.45, 2.75) is 26.4 Å². The number of hydrogen-bond acceptors (Lipinski definition) is 6. The van der Waals surface area contributed by atoms with Gasteiger partial charge in [-0.1, -0.05) is 48.5 Å². The van der Waals surface area contributed by atoms with Gasteiger partial charge in [0, 0.05) is 37.4 Å². The summed E-state index contributed by atoms with van der Waals surface area (Å²) < 4.78 is 44.1. The van der Waals surface area contributed by atoms with Crippen LogP contribution in [0, 0.1) is 19.4 Å². The first-order valence-corrected chi connectivity index (χ1v) is 16.0. The lowest BCUT2D eigenvalue weighted by atomic mass is 10.1. The van der Waals surface area contributed by atoms with Crippen LogP contribution in [0.1, 0.15) is 23.1 Å². The third-order valence-electron chi connectivity index (χ3n) is 7.20. The van der Waals surface area contributed by atoms with Crippen LogP contribution in [0.3, 0.4) is 0 Å². The summed E-state index contributed by atoms with van der Waals surface area (Å²) in [5, 5.41) is 0. The van der Waals surface area contributed by atoms with E-state index in [1.54, 1.807) is 12.1 Å². The number of anilines is 2. The quantitative estimate of drug-likeness (QED) is 0.172. The topological polar surface area (TPSA) is 81.5 Å². The van der Waals surface area contributed by atoms with Crippen LogP contribution < -0.4 is 19.1 Å². The van der Waals surface area contributed by atoms with Crippen LogP contribution in [0.5, 0.6) is 17.2 Å². The highest BCUT2D eigenvalue weighted by atomic mass is 32.2. The van der Waals surface area contributed by atoms with E-state index in [4.69, 9.17) is 20.8 Å². The highest BCUT2D eigenvalue weighted by Crippen LogP contribution is 2.31. The minimum atomic E-state index is -3.44. The van der Waals surface area contributed by atoms with Gasteiger partial charge in [-0.15, -0.1) is 0 Å². The van der Waals surface area contributed by atoms with Gasteiger partial charge in [0.2, 0.25) is 10.0 Å². The Labute approximate surface area is 253 Å². The van der Waals surface area contributed by atoms with Gasteiger partial charge >= 0.3 is 0 Å². The lowest BCUT2D eigenvalue weighted by Gasteiger charge is -2.28. The zero-order valence-electron chi connectivity index (χ0n) is 24.3. The average Bonchev–Trinajstić information content (AvgIpc) is 3.51. The molecule has 0 aliphatic carbocycles. The van der Waals surface area contributed by atoms with Crippen molar-refractivity contribution in [2.75, 3.05) is 35.7 Å². The van der Waals surface area contributed by atoms with E-state index in [9.17, 15) is 8.42 Å². The fourth-order valence-corrected chi connectivity index (χ4v) is 5.64. The Kier molecular flexibility index (Phi) is 9.50. The van der Waals surface area contributed by atoms with Gasteiger partial charge in [-0.05, 0) is 66.4 Å². The van der Waals surface area contributed by atoms with E-state index in [0.29, 0.717) is 48.5 Å². The second kappa shape index (κ2) is 13.6. The number of hydrogen-bond donors (Lipinski definition) is 1. The number of benzene rings is 4. The van der Waals surface area contributed by atoms with Gasteiger partial charge in [-0.3, -0.25) is 4.72 Å². The molecule has 1 fully saturated rings. The monoisotopic (exact) mass is 597 g/mol. The second-order valence-corrected chi connectivity index (χ2v) is 12.5. The first kappa shape index (κ1) is 30.0. The molecule has 1 aliphatic heterocycles. The Morgan fingerprint density at radius 1 is 0.930 bits per heavy atom. The zero-order chi connectivity index (χ0) is 30.2. The summed E-state index contributed by atoms with van der Waals surface area (Å²) in [6, 6.07) is 28.7. The smallest absolute Gasteiger partial charge is 0.229 e. The summed E-state index contributed by atoms with van der Waals surface area (Å²) in [5.74, 6) is 2.59. The third-order valence-corrected chi connectivity index (χ3v) is 7.79. The largest absolute Gasteiger partial charge is 0.493 e. The van der Waals surface area contributed by atoms with Crippen molar-refractivity contribution >= 4 is 27.1 Å². The Balaban J connectivity index is 1.33. The molecule has 0 aromatic heterocycles. The van der Waals surface area contributed by atoms with Gasteiger partial charge < -0.3 is 19.1 Å². The fraction of sp³-hybridized carbons (Fsp3) is 0.265. The molecule has 1 heterocycles. The van der Waals surface area contributed by atoms with Crippen molar-refractivity contribution in [3.8, 4) is 17.2 Å². The van der Waals surface area contributed by atoms with E-state index in [1.165, 1.54) is 0 Å². The van der Waals surface area contributed by atoms with E-state index in [0.717, 1.165) is 54.0 Å². The van der Waals surface area contributed by atoms with Crippen molar-refractivity contribution in [3.05, 3.63) is 119 Å². The summed E-state index contributed by atoms with van der Waals surface area (Å²) in [7, 11) is -3.44. The minimum Gasteiger partial charge on any atom is -0.493 e. The number of ether oxygens (including phenoxy) is 3. The molecule has 1 N–H and O–H groups in total. The maximum Gasteiger partial charge on any atom is 0.229 e. The molecule has 0 radical (unpaired) electrons. The van der Waals surface area contributed by atoms with Gasteiger partial charge in [-0.2, -0.15) is 0 Å². The number of nitrogens with zero attached hydrogens (tertiary/aromatic N) is 2. The van der Waals surface area contributed by atoms with Crippen molar-refractivity contribution in [3.63, 3.8) is 0 Å². The van der Waals surface area contributed by atoms with Crippen molar-refractivity contribution in [1.82, 2.24) is 0 Å². The molecule has 4 aromatic carbocycles. The summed E-state index contributed by atoms with van der Waals surface area (Å²) in [6.07, 6.45) is 2.17. The summed E-state index contributed by atoms with van der Waals surface area (Å²) in [5.41, 5.74) is 4.85. The fourth-order valence-electron chi connectivity index (χ4n) is 5.02. The number of nitrogens with one attached hydrogen (secondary N) is 1. The van der Waals surface area contributed by atoms with E-state index in [-0.39, 0.29) is 0 Å². The van der Waals surface area contributed by atoms with Crippen LogP contribution >= 0.6 is 0 Å². The first-order valence-electron chi connectivity index (χ1n) is 14.1. The predicted octanol–water partition coefficient (Wildman–Crippen LogP) is 7.33. The summed E-state index contributed by atoms with van der Waals surface area (Å²) in [6.45, 7) is 12.6. The Morgan fingerprint density at radius 2 is 1.67 bits per heavy atom. The summed E-state index contributed by atoms with van der Waals surface area (Å²) in [4.78, 5) is 5.75. The molecule has 0 saturated carbocycles. The number of rotatable bonds is 12. The highest BCUT2D eigenvalue weighted by molar-refractivity contribution is 7.92. The van der Waals surface area contributed by atoms with E-state index in [1.807, 2.05) is 85.8 Å². The second-order valence-electron chi connectivity index (χ2n) is 10.7. The van der Waals surface area contributed by atoms with Gasteiger partial charge in [0.15, 0.2) is 5.69 Å². The molecule has 222 valence electrons. The van der Waals surface area contributed by atoms with Crippen LogP contribution in [-0.4, -0.2) is 34.5 Å². The van der Waals surface area contributed by atoms with Gasteiger partial charge in [-0.25, -0.2) is 13.3 Å². The average molecular weight is 598 g/mol. The van der Waals surface area contributed by atoms with Crippen molar-refractivity contribution in [2.24, 2.45) is 5.92 Å². The first-order chi connectivity index (χ1) is 20.8. The summed E-state index contributed by atoms with van der Waals surface area (Å²) >= 11 is 0. The molecule has 0 spiro atoms. The molecular weight excluding hydrogens is 562 g/mol. The normalized spacial score (nSPS) is 14.6. The molecule has 0 amide bonds. The van der Waals surface area contributed by atoms with Crippen LogP contribution in [-0.2, 0) is 27.8 Å². The lowest BCUT2D eigenvalue weighted by molar-refractivity contribution is 0.167. The molecule has 4 aromatic rings.